The highest BCUT2D eigenvalue weighted by molar-refractivity contribution is 5.51. The first kappa shape index (κ1) is 16.7. The lowest BCUT2D eigenvalue weighted by Crippen LogP contribution is -2.35. The lowest BCUT2D eigenvalue weighted by molar-refractivity contribution is 0.192. The predicted molar refractivity (Wildman–Crippen MR) is 100 cm³/mol. The molecule has 3 aromatic rings. The number of piperidine rings is 1. The van der Waals surface area contributed by atoms with Crippen molar-refractivity contribution in [1.29, 1.82) is 0 Å². The second-order valence-electron chi connectivity index (χ2n) is 6.70. The fourth-order valence-electron chi connectivity index (χ4n) is 3.41. The molecule has 2 N–H and O–H groups in total. The quantitative estimate of drug-likeness (QED) is 0.737. The van der Waals surface area contributed by atoms with Crippen molar-refractivity contribution in [2.45, 2.75) is 32.2 Å². The van der Waals surface area contributed by atoms with Gasteiger partial charge in [0.2, 0.25) is 0 Å². The van der Waals surface area contributed by atoms with Crippen LogP contribution in [0.25, 0.3) is 0 Å². The highest BCUT2D eigenvalue weighted by Crippen LogP contribution is 2.26. The van der Waals surface area contributed by atoms with Gasteiger partial charge in [-0.3, -0.25) is 4.90 Å². The third-order valence-electron chi connectivity index (χ3n) is 4.59. The van der Waals surface area contributed by atoms with E-state index in [-0.39, 0.29) is 0 Å². The number of likely N-dealkylation sites (tertiary alicyclic amines) is 1. The molecule has 1 aliphatic heterocycles. The molecule has 0 amide bonds. The molecule has 0 aromatic carbocycles. The number of nitrogens with zero attached hydrogens (tertiary/aromatic N) is 5. The molecule has 7 nitrogen and oxygen atoms in total. The van der Waals surface area contributed by atoms with Crippen LogP contribution in [0, 0.1) is 6.92 Å². The number of imidazole rings is 1. The summed E-state index contributed by atoms with van der Waals surface area (Å²) in [6.07, 6.45) is 7.70. The molecule has 1 aliphatic rings. The minimum Gasteiger partial charge on any atom is -0.348 e. The van der Waals surface area contributed by atoms with Crippen molar-refractivity contribution >= 4 is 11.6 Å². The Morgan fingerprint density at radius 1 is 1.19 bits per heavy atom. The van der Waals surface area contributed by atoms with Gasteiger partial charge in [0.15, 0.2) is 0 Å². The number of anilines is 2. The standard InChI is InChI=1S/C19H23N7/c1-14-11-17(24-16-6-2-3-7-20-16)25-19(23-14)15-5-4-10-26(12-15)13-18-21-8-9-22-18/h2-3,6-9,11,15H,4-5,10,12-13H2,1H3,(H,21,22)(H,20,23,24,25). The monoisotopic (exact) mass is 349 g/mol. The van der Waals surface area contributed by atoms with Gasteiger partial charge in [-0.05, 0) is 38.4 Å². The van der Waals surface area contributed by atoms with Crippen LogP contribution in [-0.2, 0) is 6.54 Å². The maximum absolute atomic E-state index is 4.77. The summed E-state index contributed by atoms with van der Waals surface area (Å²) in [4.78, 5) is 23.7. The normalized spacial score (nSPS) is 18.0. The van der Waals surface area contributed by atoms with Crippen molar-refractivity contribution in [3.8, 4) is 0 Å². The van der Waals surface area contributed by atoms with Gasteiger partial charge in [0.1, 0.15) is 23.3 Å². The highest BCUT2D eigenvalue weighted by Gasteiger charge is 2.24. The number of aromatic nitrogens is 5. The Kier molecular flexibility index (Phi) is 4.88. The molecule has 0 spiro atoms. The van der Waals surface area contributed by atoms with Crippen LogP contribution < -0.4 is 5.32 Å². The molecule has 134 valence electrons. The van der Waals surface area contributed by atoms with E-state index in [1.54, 1.807) is 12.4 Å². The molecule has 0 bridgehead atoms. The van der Waals surface area contributed by atoms with Gasteiger partial charge in [0, 0.05) is 42.8 Å². The van der Waals surface area contributed by atoms with Crippen molar-refractivity contribution in [1.82, 2.24) is 29.8 Å². The molecule has 4 heterocycles. The lowest BCUT2D eigenvalue weighted by atomic mass is 9.97. The Labute approximate surface area is 152 Å². The van der Waals surface area contributed by atoms with Gasteiger partial charge in [-0.1, -0.05) is 6.07 Å². The third-order valence-corrected chi connectivity index (χ3v) is 4.59. The summed E-state index contributed by atoms with van der Waals surface area (Å²) in [5.41, 5.74) is 0.969. The summed E-state index contributed by atoms with van der Waals surface area (Å²) in [6.45, 7) is 4.89. The second kappa shape index (κ2) is 7.61. The minimum atomic E-state index is 0.336. The Balaban J connectivity index is 1.49. The molecular formula is C19H23N7. The van der Waals surface area contributed by atoms with Crippen molar-refractivity contribution in [2.75, 3.05) is 18.4 Å². The predicted octanol–water partition coefficient (Wildman–Crippen LogP) is 3.03. The van der Waals surface area contributed by atoms with E-state index >= 15 is 0 Å². The molecule has 3 aromatic heterocycles. The van der Waals surface area contributed by atoms with Crippen molar-refractivity contribution < 1.29 is 0 Å². The molecule has 1 unspecified atom stereocenters. The number of H-pyrrole nitrogens is 1. The van der Waals surface area contributed by atoms with E-state index in [2.05, 4.69) is 25.2 Å². The smallest absolute Gasteiger partial charge is 0.135 e. The molecule has 0 saturated carbocycles. The average molecular weight is 349 g/mol. The van der Waals surface area contributed by atoms with E-state index in [9.17, 15) is 0 Å². The van der Waals surface area contributed by atoms with Gasteiger partial charge >= 0.3 is 0 Å². The van der Waals surface area contributed by atoms with E-state index in [0.29, 0.717) is 5.92 Å². The van der Waals surface area contributed by atoms with Gasteiger partial charge in [-0.15, -0.1) is 0 Å². The zero-order valence-corrected chi connectivity index (χ0v) is 14.9. The maximum atomic E-state index is 4.77. The number of aryl methyl sites for hydroxylation is 1. The van der Waals surface area contributed by atoms with E-state index < -0.39 is 0 Å². The first-order valence-corrected chi connectivity index (χ1v) is 9.00. The summed E-state index contributed by atoms with van der Waals surface area (Å²) in [7, 11) is 0. The topological polar surface area (TPSA) is 82.6 Å². The largest absolute Gasteiger partial charge is 0.348 e. The zero-order chi connectivity index (χ0) is 17.8. The van der Waals surface area contributed by atoms with Crippen LogP contribution in [0.15, 0.2) is 42.9 Å². The van der Waals surface area contributed by atoms with Crippen LogP contribution in [0.4, 0.5) is 11.6 Å². The minimum absolute atomic E-state index is 0.336. The number of pyridine rings is 1. The van der Waals surface area contributed by atoms with Gasteiger partial charge in [0.25, 0.3) is 0 Å². The first-order valence-electron chi connectivity index (χ1n) is 9.00. The number of hydrogen-bond acceptors (Lipinski definition) is 6. The number of hydrogen-bond donors (Lipinski definition) is 2. The summed E-state index contributed by atoms with van der Waals surface area (Å²) in [6, 6.07) is 7.75. The maximum Gasteiger partial charge on any atom is 0.135 e. The SMILES string of the molecule is Cc1cc(Nc2ccccn2)nc(C2CCCN(Cc3ncc[nH]3)C2)n1. The number of nitrogens with one attached hydrogen (secondary N) is 2. The van der Waals surface area contributed by atoms with Crippen LogP contribution in [-0.4, -0.2) is 42.9 Å². The Hall–Kier alpha value is -2.80. The van der Waals surface area contributed by atoms with Gasteiger partial charge in [-0.2, -0.15) is 0 Å². The summed E-state index contributed by atoms with van der Waals surface area (Å²) in [5, 5.41) is 3.28. The van der Waals surface area contributed by atoms with Crippen molar-refractivity contribution in [2.24, 2.45) is 0 Å². The van der Waals surface area contributed by atoms with E-state index in [1.807, 2.05) is 37.4 Å². The number of aromatic amines is 1. The lowest BCUT2D eigenvalue weighted by Gasteiger charge is -2.31. The van der Waals surface area contributed by atoms with Crippen LogP contribution >= 0.6 is 0 Å². The molecule has 1 fully saturated rings. The van der Waals surface area contributed by atoms with Gasteiger partial charge in [0.05, 0.1) is 6.54 Å². The first-order chi connectivity index (χ1) is 12.8. The Morgan fingerprint density at radius 3 is 2.96 bits per heavy atom. The average Bonchev–Trinajstić information content (AvgIpc) is 3.15. The molecule has 7 heteroatoms. The van der Waals surface area contributed by atoms with Crippen molar-refractivity contribution in [3.05, 3.63) is 60.2 Å². The van der Waals surface area contributed by atoms with E-state index in [4.69, 9.17) is 9.97 Å². The summed E-state index contributed by atoms with van der Waals surface area (Å²) in [5.74, 6) is 3.85. The van der Waals surface area contributed by atoms with E-state index in [0.717, 1.165) is 61.5 Å². The summed E-state index contributed by atoms with van der Waals surface area (Å²) >= 11 is 0. The van der Waals surface area contributed by atoms with Gasteiger partial charge < -0.3 is 10.3 Å². The van der Waals surface area contributed by atoms with E-state index in [1.165, 1.54) is 0 Å². The molecule has 1 atom stereocenters. The number of rotatable bonds is 5. The fraction of sp³-hybridized carbons (Fsp3) is 0.368. The molecule has 1 saturated heterocycles. The fourth-order valence-corrected chi connectivity index (χ4v) is 3.41. The zero-order valence-electron chi connectivity index (χ0n) is 14.9. The van der Waals surface area contributed by atoms with Gasteiger partial charge in [-0.25, -0.2) is 19.9 Å². The third kappa shape index (κ3) is 4.05. The Morgan fingerprint density at radius 2 is 2.15 bits per heavy atom. The molecule has 0 aliphatic carbocycles. The highest BCUT2D eigenvalue weighted by atomic mass is 15.2. The van der Waals surface area contributed by atoms with Crippen LogP contribution in [0.3, 0.4) is 0 Å². The van der Waals surface area contributed by atoms with Crippen molar-refractivity contribution in [3.63, 3.8) is 0 Å². The second-order valence-corrected chi connectivity index (χ2v) is 6.70. The van der Waals surface area contributed by atoms with Crippen LogP contribution in [0.1, 0.15) is 36.1 Å². The van der Waals surface area contributed by atoms with Crippen LogP contribution in [0.2, 0.25) is 0 Å². The molecule has 4 rings (SSSR count). The molecule has 26 heavy (non-hydrogen) atoms. The Bertz CT molecular complexity index is 832. The molecule has 0 radical (unpaired) electrons. The summed E-state index contributed by atoms with van der Waals surface area (Å²) < 4.78 is 0. The molecular weight excluding hydrogens is 326 g/mol. The van der Waals surface area contributed by atoms with Crippen LogP contribution in [0.5, 0.6) is 0 Å².